The van der Waals surface area contributed by atoms with Gasteiger partial charge in [0.2, 0.25) is 0 Å². The molecule has 2 heterocycles. The molecule has 52 heavy (non-hydrogen) atoms. The predicted molar refractivity (Wildman–Crippen MR) is 216 cm³/mol. The molecule has 0 radical (unpaired) electrons. The average molecular weight is 668 g/mol. The predicted octanol–water partition coefficient (Wildman–Crippen LogP) is 14.1. The number of rotatable bonds is 4. The Balaban J connectivity index is 1.12. The van der Waals surface area contributed by atoms with Gasteiger partial charge < -0.3 is 13.7 Å². The molecule has 3 heteroatoms. The number of anilines is 3. The number of nitrogens with zero attached hydrogens (tertiary/aromatic N) is 1. The van der Waals surface area contributed by atoms with Crippen LogP contribution in [0, 0.1) is 0 Å². The molecule has 0 unspecified atom stereocenters. The van der Waals surface area contributed by atoms with Crippen molar-refractivity contribution in [3.63, 3.8) is 0 Å². The van der Waals surface area contributed by atoms with Gasteiger partial charge in [-0.05, 0) is 105 Å². The summed E-state index contributed by atoms with van der Waals surface area (Å²) in [6.45, 7) is 4.70. The lowest BCUT2D eigenvalue weighted by Crippen LogP contribution is -2.16. The molecule has 11 rings (SSSR count). The van der Waals surface area contributed by atoms with E-state index < -0.39 is 0 Å². The third-order valence-electron chi connectivity index (χ3n) is 11.3. The van der Waals surface area contributed by atoms with Gasteiger partial charge in [0, 0.05) is 32.9 Å². The zero-order valence-corrected chi connectivity index (χ0v) is 28.9. The number of benzene rings is 8. The molecule has 2 aromatic heterocycles. The van der Waals surface area contributed by atoms with Crippen molar-refractivity contribution in [3.05, 3.63) is 175 Å². The quantitative estimate of drug-likeness (QED) is 0.187. The van der Waals surface area contributed by atoms with Crippen LogP contribution >= 0.6 is 0 Å². The topological polar surface area (TPSA) is 29.5 Å². The fraction of sp³-hybridized carbons (Fsp3) is 0.0612. The Morgan fingerprint density at radius 2 is 1.08 bits per heavy atom. The minimum absolute atomic E-state index is 0.215. The van der Waals surface area contributed by atoms with E-state index in [2.05, 4.69) is 170 Å². The van der Waals surface area contributed by atoms with Gasteiger partial charge in [0.15, 0.2) is 0 Å². The van der Waals surface area contributed by atoms with Crippen LogP contribution in [0.2, 0.25) is 0 Å². The van der Waals surface area contributed by atoms with Gasteiger partial charge in [-0.25, -0.2) is 0 Å². The summed E-state index contributed by atoms with van der Waals surface area (Å²) < 4.78 is 12.8. The van der Waals surface area contributed by atoms with Crippen molar-refractivity contribution in [1.29, 1.82) is 0 Å². The number of para-hydroxylation sites is 2. The molecule has 3 nitrogen and oxygen atoms in total. The Kier molecular flexibility index (Phi) is 6.01. The van der Waals surface area contributed by atoms with Crippen molar-refractivity contribution < 1.29 is 8.83 Å². The highest BCUT2D eigenvalue weighted by molar-refractivity contribution is 6.16. The molecule has 10 aromatic rings. The van der Waals surface area contributed by atoms with Crippen molar-refractivity contribution >= 4 is 71.7 Å². The lowest BCUT2D eigenvalue weighted by molar-refractivity contribution is 0.656. The van der Waals surface area contributed by atoms with Gasteiger partial charge in [-0.3, -0.25) is 0 Å². The first kappa shape index (κ1) is 29.2. The molecule has 0 N–H and O–H groups in total. The summed E-state index contributed by atoms with van der Waals surface area (Å²) >= 11 is 0. The summed E-state index contributed by atoms with van der Waals surface area (Å²) in [6, 6.07) is 58.8. The highest BCUT2D eigenvalue weighted by Gasteiger charge is 2.38. The van der Waals surface area contributed by atoms with Crippen LogP contribution in [-0.2, 0) is 5.41 Å². The van der Waals surface area contributed by atoms with Crippen LogP contribution in [0.5, 0.6) is 0 Å². The summed E-state index contributed by atoms with van der Waals surface area (Å²) in [5, 5.41) is 7.06. The van der Waals surface area contributed by atoms with Crippen LogP contribution in [0.1, 0.15) is 25.0 Å². The second-order valence-electron chi connectivity index (χ2n) is 14.5. The van der Waals surface area contributed by atoms with Crippen LogP contribution in [0.25, 0.3) is 76.9 Å². The lowest BCUT2D eigenvalue weighted by atomic mass is 9.82. The van der Waals surface area contributed by atoms with E-state index in [0.717, 1.165) is 55.6 Å². The van der Waals surface area contributed by atoms with Crippen LogP contribution in [0.15, 0.2) is 173 Å². The zero-order chi connectivity index (χ0) is 34.6. The van der Waals surface area contributed by atoms with Gasteiger partial charge in [0.05, 0.1) is 11.1 Å². The number of hydrogen-bond donors (Lipinski definition) is 0. The summed E-state index contributed by atoms with van der Waals surface area (Å²) in [5.74, 6) is 0. The minimum atomic E-state index is -0.215. The molecule has 246 valence electrons. The van der Waals surface area contributed by atoms with Gasteiger partial charge in [-0.15, -0.1) is 0 Å². The van der Waals surface area contributed by atoms with Crippen LogP contribution in [0.4, 0.5) is 17.1 Å². The van der Waals surface area contributed by atoms with Crippen molar-refractivity contribution in [2.24, 2.45) is 0 Å². The lowest BCUT2D eigenvalue weighted by Gasteiger charge is -2.28. The van der Waals surface area contributed by atoms with Crippen LogP contribution < -0.4 is 4.90 Å². The highest BCUT2D eigenvalue weighted by atomic mass is 16.3. The standard InChI is InChI=1S/C49H33NO2/c1-49(2)39-26-27-45-48(38-13-6-8-16-43(38)52-45)46(39)36-25-24-35(29-40(36)49)50(41-14-9-17-44-47(41)37-12-5-7-15-42(37)51-44)34-22-20-31(21-23-34)33-19-18-30-10-3-4-11-32(30)28-33/h3-29H,1-2H3. The maximum Gasteiger partial charge on any atom is 0.137 e. The second kappa shape index (κ2) is 10.7. The maximum absolute atomic E-state index is 6.41. The normalized spacial score (nSPS) is 13.3. The third-order valence-corrected chi connectivity index (χ3v) is 11.3. The summed E-state index contributed by atoms with van der Waals surface area (Å²) in [6.07, 6.45) is 0. The van der Waals surface area contributed by atoms with Gasteiger partial charge in [0.25, 0.3) is 0 Å². The molecule has 1 aliphatic carbocycles. The average Bonchev–Trinajstić information content (AvgIpc) is 3.83. The van der Waals surface area contributed by atoms with Gasteiger partial charge >= 0.3 is 0 Å². The van der Waals surface area contributed by atoms with E-state index in [0.29, 0.717) is 0 Å². The first-order chi connectivity index (χ1) is 25.5. The zero-order valence-electron chi connectivity index (χ0n) is 28.9. The van der Waals surface area contributed by atoms with Crippen molar-refractivity contribution in [1.82, 2.24) is 0 Å². The van der Waals surface area contributed by atoms with E-state index in [1.54, 1.807) is 0 Å². The highest BCUT2D eigenvalue weighted by Crippen LogP contribution is 2.55. The fourth-order valence-corrected chi connectivity index (χ4v) is 8.71. The van der Waals surface area contributed by atoms with Gasteiger partial charge in [-0.1, -0.05) is 117 Å². The molecular formula is C49H33NO2. The van der Waals surface area contributed by atoms with E-state index in [1.165, 1.54) is 49.5 Å². The largest absolute Gasteiger partial charge is 0.456 e. The van der Waals surface area contributed by atoms with E-state index in [4.69, 9.17) is 8.83 Å². The fourth-order valence-electron chi connectivity index (χ4n) is 8.71. The van der Waals surface area contributed by atoms with Gasteiger partial charge in [-0.2, -0.15) is 0 Å². The molecule has 8 aromatic carbocycles. The van der Waals surface area contributed by atoms with E-state index in [1.807, 2.05) is 12.1 Å². The number of furan rings is 2. The SMILES string of the molecule is CC1(C)c2cc(N(c3ccc(-c4ccc5ccccc5c4)cc3)c3cccc4oc5ccccc5c34)ccc2-c2c1ccc1oc3ccccc3c21. The third kappa shape index (κ3) is 4.14. The van der Waals surface area contributed by atoms with Crippen LogP contribution in [-0.4, -0.2) is 0 Å². The molecule has 0 spiro atoms. The monoisotopic (exact) mass is 667 g/mol. The van der Waals surface area contributed by atoms with E-state index in [-0.39, 0.29) is 5.41 Å². The first-order valence-corrected chi connectivity index (χ1v) is 17.9. The van der Waals surface area contributed by atoms with E-state index >= 15 is 0 Å². The van der Waals surface area contributed by atoms with Crippen molar-refractivity contribution in [3.8, 4) is 22.3 Å². The molecule has 0 atom stereocenters. The van der Waals surface area contributed by atoms with Crippen LogP contribution in [0.3, 0.4) is 0 Å². The summed E-state index contributed by atoms with van der Waals surface area (Å²) in [7, 11) is 0. The Morgan fingerprint density at radius 1 is 0.442 bits per heavy atom. The summed E-state index contributed by atoms with van der Waals surface area (Å²) in [5.41, 5.74) is 14.2. The Morgan fingerprint density at radius 3 is 1.87 bits per heavy atom. The Bertz CT molecular complexity index is 3050. The number of hydrogen-bond acceptors (Lipinski definition) is 3. The Labute approximate surface area is 301 Å². The van der Waals surface area contributed by atoms with Crippen molar-refractivity contribution in [2.45, 2.75) is 19.3 Å². The van der Waals surface area contributed by atoms with Crippen molar-refractivity contribution in [2.75, 3.05) is 4.90 Å². The number of fused-ring (bicyclic) bond motifs is 11. The molecule has 0 saturated heterocycles. The molecule has 0 aliphatic heterocycles. The molecule has 0 fully saturated rings. The molecule has 0 amide bonds. The molecule has 0 saturated carbocycles. The van der Waals surface area contributed by atoms with E-state index in [9.17, 15) is 0 Å². The Hall–Kier alpha value is -6.58. The minimum Gasteiger partial charge on any atom is -0.456 e. The molecule has 1 aliphatic rings. The molecule has 0 bridgehead atoms. The maximum atomic E-state index is 6.41. The second-order valence-corrected chi connectivity index (χ2v) is 14.5. The van der Waals surface area contributed by atoms with Gasteiger partial charge in [0.1, 0.15) is 22.3 Å². The smallest absolute Gasteiger partial charge is 0.137 e. The molecular weight excluding hydrogens is 635 g/mol. The first-order valence-electron chi connectivity index (χ1n) is 17.9. The summed E-state index contributed by atoms with van der Waals surface area (Å²) in [4.78, 5) is 2.40.